The lowest BCUT2D eigenvalue weighted by atomic mass is 10.1. The first-order valence-electron chi connectivity index (χ1n) is 9.36. The van der Waals surface area contributed by atoms with Gasteiger partial charge in [0.2, 0.25) is 0 Å². The molecular formula is C19H29N4O2+. The maximum Gasteiger partial charge on any atom is 0.321 e. The molecule has 0 bridgehead atoms. The summed E-state index contributed by atoms with van der Waals surface area (Å²) >= 11 is 0. The minimum Gasteiger partial charge on any atom is -0.360 e. The lowest BCUT2D eigenvalue weighted by Crippen LogP contribution is -3.16. The van der Waals surface area contributed by atoms with Gasteiger partial charge in [-0.25, -0.2) is 4.79 Å². The zero-order chi connectivity index (χ0) is 17.6. The van der Waals surface area contributed by atoms with E-state index in [2.05, 4.69) is 46.7 Å². The van der Waals surface area contributed by atoms with Crippen LogP contribution in [0.25, 0.3) is 0 Å². The highest BCUT2D eigenvalue weighted by Gasteiger charge is 2.24. The highest BCUT2D eigenvalue weighted by atomic mass is 16.2. The molecule has 2 fully saturated rings. The van der Waals surface area contributed by atoms with Crippen LogP contribution in [0.3, 0.4) is 0 Å². The maximum absolute atomic E-state index is 12.1. The van der Waals surface area contributed by atoms with Gasteiger partial charge in [0.05, 0.1) is 26.2 Å². The number of nitrogens with zero attached hydrogens (tertiary/aromatic N) is 1. The van der Waals surface area contributed by atoms with Crippen molar-refractivity contribution >= 4 is 17.6 Å². The van der Waals surface area contributed by atoms with Crippen LogP contribution in [-0.2, 0) is 4.79 Å². The molecule has 3 rings (SSSR count). The van der Waals surface area contributed by atoms with Crippen LogP contribution in [0.5, 0.6) is 0 Å². The Bertz CT molecular complexity index is 605. The average molecular weight is 345 g/mol. The molecule has 0 radical (unpaired) electrons. The number of para-hydroxylation sites is 1. The minimum atomic E-state index is -0.338. The largest absolute Gasteiger partial charge is 0.360 e. The van der Waals surface area contributed by atoms with Gasteiger partial charge in [-0.2, -0.15) is 0 Å². The Morgan fingerprint density at radius 1 is 1.16 bits per heavy atom. The number of carbonyl (C=O) groups excluding carboxylic acids is 2. The Kier molecular flexibility index (Phi) is 5.91. The van der Waals surface area contributed by atoms with Gasteiger partial charge in [0.15, 0.2) is 6.54 Å². The van der Waals surface area contributed by atoms with E-state index in [-0.39, 0.29) is 18.0 Å². The van der Waals surface area contributed by atoms with E-state index in [4.69, 9.17) is 0 Å². The number of rotatable bonds is 4. The highest BCUT2D eigenvalue weighted by Crippen LogP contribution is 2.19. The third-order valence-corrected chi connectivity index (χ3v) is 5.28. The lowest BCUT2D eigenvalue weighted by molar-refractivity contribution is -0.892. The van der Waals surface area contributed by atoms with Gasteiger partial charge in [-0.15, -0.1) is 0 Å². The molecule has 2 aliphatic rings. The van der Waals surface area contributed by atoms with Crippen LogP contribution in [0.2, 0.25) is 0 Å². The fraction of sp³-hybridized carbons (Fsp3) is 0.579. The van der Waals surface area contributed by atoms with Gasteiger partial charge >= 0.3 is 6.03 Å². The van der Waals surface area contributed by atoms with Crippen LogP contribution in [0.15, 0.2) is 24.3 Å². The van der Waals surface area contributed by atoms with Crippen LogP contribution >= 0.6 is 0 Å². The molecule has 6 nitrogen and oxygen atoms in total. The van der Waals surface area contributed by atoms with Gasteiger partial charge in [-0.1, -0.05) is 31.0 Å². The molecule has 1 saturated carbocycles. The van der Waals surface area contributed by atoms with E-state index in [1.807, 2.05) is 0 Å². The number of imide groups is 1. The summed E-state index contributed by atoms with van der Waals surface area (Å²) in [7, 11) is 0. The van der Waals surface area contributed by atoms with Crippen molar-refractivity contribution in [3.8, 4) is 0 Å². The second-order valence-corrected chi connectivity index (χ2v) is 7.20. The number of nitrogens with one attached hydrogen (secondary N) is 3. The van der Waals surface area contributed by atoms with Crippen LogP contribution in [0.4, 0.5) is 10.5 Å². The van der Waals surface area contributed by atoms with E-state index in [0.29, 0.717) is 6.54 Å². The van der Waals surface area contributed by atoms with Crippen molar-refractivity contribution in [1.29, 1.82) is 0 Å². The van der Waals surface area contributed by atoms with Gasteiger partial charge < -0.3 is 15.1 Å². The number of aryl methyl sites for hydroxylation is 1. The maximum atomic E-state index is 12.1. The van der Waals surface area contributed by atoms with Crippen molar-refractivity contribution in [1.82, 2.24) is 10.6 Å². The Hall–Kier alpha value is -2.08. The van der Waals surface area contributed by atoms with Crippen LogP contribution < -0.4 is 20.4 Å². The summed E-state index contributed by atoms with van der Waals surface area (Å²) in [6.45, 7) is 6.17. The van der Waals surface area contributed by atoms with E-state index in [1.165, 1.54) is 16.2 Å². The molecule has 1 aliphatic carbocycles. The number of amides is 3. The summed E-state index contributed by atoms with van der Waals surface area (Å²) in [5, 5.41) is 5.38. The molecule has 0 aromatic heterocycles. The molecule has 1 aliphatic heterocycles. The molecule has 1 aromatic rings. The van der Waals surface area contributed by atoms with Gasteiger partial charge in [-0.3, -0.25) is 10.1 Å². The Balaban J connectivity index is 1.40. The van der Waals surface area contributed by atoms with Crippen molar-refractivity contribution in [2.24, 2.45) is 0 Å². The molecule has 0 unspecified atom stereocenters. The first-order valence-corrected chi connectivity index (χ1v) is 9.36. The molecule has 1 heterocycles. The number of piperazine rings is 1. The molecule has 3 amide bonds. The Morgan fingerprint density at radius 2 is 1.84 bits per heavy atom. The quantitative estimate of drug-likeness (QED) is 0.743. The second kappa shape index (κ2) is 8.34. The van der Waals surface area contributed by atoms with Gasteiger partial charge in [0, 0.05) is 11.7 Å². The van der Waals surface area contributed by atoms with E-state index < -0.39 is 0 Å². The molecule has 6 heteroatoms. The molecule has 136 valence electrons. The zero-order valence-electron chi connectivity index (χ0n) is 15.0. The standard InChI is InChI=1S/C19H28N4O2/c1-15-6-2-5-9-17(15)23-12-10-22(11-13-23)14-18(24)21-19(25)20-16-7-3-4-8-16/h2,5-6,9,16H,3-4,7-8,10-14H2,1H3,(H2,20,21,24,25)/p+1. The Morgan fingerprint density at radius 3 is 2.52 bits per heavy atom. The molecular weight excluding hydrogens is 316 g/mol. The van der Waals surface area contributed by atoms with E-state index in [1.54, 1.807) is 0 Å². The summed E-state index contributed by atoms with van der Waals surface area (Å²) in [6, 6.07) is 8.30. The molecule has 0 spiro atoms. The average Bonchev–Trinajstić information content (AvgIpc) is 3.09. The normalized spacial score (nSPS) is 19.0. The van der Waals surface area contributed by atoms with Crippen molar-refractivity contribution in [2.45, 2.75) is 38.6 Å². The first-order chi connectivity index (χ1) is 12.1. The number of carbonyl (C=O) groups is 2. The van der Waals surface area contributed by atoms with E-state index in [0.717, 1.165) is 51.9 Å². The fourth-order valence-electron chi connectivity index (χ4n) is 3.85. The number of anilines is 1. The van der Waals surface area contributed by atoms with Crippen molar-refractivity contribution < 1.29 is 14.5 Å². The lowest BCUT2D eigenvalue weighted by Gasteiger charge is -2.34. The van der Waals surface area contributed by atoms with Crippen molar-refractivity contribution in [3.05, 3.63) is 29.8 Å². The number of hydrogen-bond donors (Lipinski definition) is 3. The summed E-state index contributed by atoms with van der Waals surface area (Å²) in [4.78, 5) is 27.6. The SMILES string of the molecule is Cc1ccccc1N1CC[NH+](CC(=O)NC(=O)NC2CCCC2)CC1. The fourth-order valence-corrected chi connectivity index (χ4v) is 3.85. The van der Waals surface area contributed by atoms with Crippen LogP contribution in [0.1, 0.15) is 31.2 Å². The highest BCUT2D eigenvalue weighted by molar-refractivity contribution is 5.94. The molecule has 0 atom stereocenters. The first kappa shape index (κ1) is 17.7. The zero-order valence-corrected chi connectivity index (χ0v) is 15.0. The van der Waals surface area contributed by atoms with E-state index in [9.17, 15) is 9.59 Å². The Labute approximate surface area is 149 Å². The summed E-state index contributed by atoms with van der Waals surface area (Å²) in [5.74, 6) is -0.185. The van der Waals surface area contributed by atoms with Gasteiger partial charge in [-0.05, 0) is 31.4 Å². The predicted molar refractivity (Wildman–Crippen MR) is 97.9 cm³/mol. The summed E-state index contributed by atoms with van der Waals surface area (Å²) < 4.78 is 0. The summed E-state index contributed by atoms with van der Waals surface area (Å²) in [5.41, 5.74) is 2.56. The molecule has 1 saturated heterocycles. The third kappa shape index (κ3) is 4.95. The van der Waals surface area contributed by atoms with Gasteiger partial charge in [0.1, 0.15) is 0 Å². The van der Waals surface area contributed by atoms with Gasteiger partial charge in [0.25, 0.3) is 5.91 Å². The molecule has 25 heavy (non-hydrogen) atoms. The smallest absolute Gasteiger partial charge is 0.321 e. The number of benzene rings is 1. The van der Waals surface area contributed by atoms with E-state index >= 15 is 0 Å². The predicted octanol–water partition coefficient (Wildman–Crippen LogP) is 0.468. The van der Waals surface area contributed by atoms with Crippen molar-refractivity contribution in [2.75, 3.05) is 37.6 Å². The monoisotopic (exact) mass is 345 g/mol. The number of urea groups is 1. The third-order valence-electron chi connectivity index (χ3n) is 5.28. The molecule has 1 aromatic carbocycles. The van der Waals surface area contributed by atoms with Crippen molar-refractivity contribution in [3.63, 3.8) is 0 Å². The number of quaternary nitrogens is 1. The number of hydrogen-bond acceptors (Lipinski definition) is 3. The second-order valence-electron chi connectivity index (χ2n) is 7.20. The summed E-state index contributed by atoms with van der Waals surface area (Å²) in [6.07, 6.45) is 4.36. The van der Waals surface area contributed by atoms with Crippen LogP contribution in [-0.4, -0.2) is 50.7 Å². The van der Waals surface area contributed by atoms with Crippen LogP contribution in [0, 0.1) is 6.92 Å². The molecule has 3 N–H and O–H groups in total. The topological polar surface area (TPSA) is 65.9 Å². The minimum absolute atomic E-state index is 0.185.